The van der Waals surface area contributed by atoms with Crippen molar-refractivity contribution >= 4 is 0 Å². The lowest BCUT2D eigenvalue weighted by Gasteiger charge is -2.23. The fraction of sp³-hybridized carbons (Fsp3) is 0.600. The Balaban J connectivity index is 2.76. The fourth-order valence-electron chi connectivity index (χ4n) is 3.38. The summed E-state index contributed by atoms with van der Waals surface area (Å²) in [6.07, 6.45) is 1.30. The van der Waals surface area contributed by atoms with Gasteiger partial charge in [0.2, 0.25) is 0 Å². The summed E-state index contributed by atoms with van der Waals surface area (Å²) in [6.45, 7) is 13.9. The minimum Gasteiger partial charge on any atom is -0.0584 e. The van der Waals surface area contributed by atoms with Crippen molar-refractivity contribution in [3.8, 4) is 0 Å². The Bertz CT molecular complexity index is 411. The number of aryl methyl sites for hydroxylation is 1. The molecule has 1 aromatic carbocycles. The third-order valence-electron chi connectivity index (χ3n) is 4.21. The summed E-state index contributed by atoms with van der Waals surface area (Å²) in [6, 6.07) is 2.41. The zero-order chi connectivity index (χ0) is 11.4. The van der Waals surface area contributed by atoms with E-state index in [0.29, 0.717) is 5.41 Å². The predicted octanol–water partition coefficient (Wildman–Crippen LogP) is 4.40. The van der Waals surface area contributed by atoms with Crippen LogP contribution in [-0.4, -0.2) is 0 Å². The first-order chi connectivity index (χ1) is 6.84. The van der Waals surface area contributed by atoms with E-state index in [2.05, 4.69) is 47.6 Å². The second kappa shape index (κ2) is 3.10. The number of fused-ring (bicyclic) bond motifs is 1. The third-order valence-corrected chi connectivity index (χ3v) is 4.21. The van der Waals surface area contributed by atoms with Crippen LogP contribution in [0.4, 0.5) is 0 Å². The summed E-state index contributed by atoms with van der Waals surface area (Å²) in [5.41, 5.74) is 8.06. The van der Waals surface area contributed by atoms with Crippen molar-refractivity contribution in [2.45, 2.75) is 59.3 Å². The Hall–Kier alpha value is -0.780. The Labute approximate surface area is 93.7 Å². The molecule has 1 aliphatic carbocycles. The maximum absolute atomic E-state index is 2.41. The summed E-state index contributed by atoms with van der Waals surface area (Å²) in [5, 5.41) is 0. The minimum absolute atomic E-state index is 0.372. The van der Waals surface area contributed by atoms with Gasteiger partial charge in [0.05, 0.1) is 0 Å². The third kappa shape index (κ3) is 1.42. The zero-order valence-corrected chi connectivity index (χ0v) is 10.9. The molecule has 1 unspecified atom stereocenters. The normalized spacial score (nSPS) is 22.9. The highest BCUT2D eigenvalue weighted by molar-refractivity contribution is 5.52. The van der Waals surface area contributed by atoms with Gasteiger partial charge in [-0.25, -0.2) is 0 Å². The molecule has 1 atom stereocenters. The molecule has 1 aliphatic rings. The van der Waals surface area contributed by atoms with E-state index in [1.807, 2.05) is 0 Å². The Morgan fingerprint density at radius 3 is 2.33 bits per heavy atom. The quantitative estimate of drug-likeness (QED) is 0.585. The van der Waals surface area contributed by atoms with Gasteiger partial charge in [0.25, 0.3) is 0 Å². The second-order valence-electron chi connectivity index (χ2n) is 5.90. The Morgan fingerprint density at radius 1 is 1.13 bits per heavy atom. The lowest BCUT2D eigenvalue weighted by atomic mass is 9.82. The van der Waals surface area contributed by atoms with Crippen LogP contribution in [0.5, 0.6) is 0 Å². The minimum atomic E-state index is 0.372. The van der Waals surface area contributed by atoms with E-state index in [1.165, 1.54) is 23.1 Å². The number of hydrogen-bond donors (Lipinski definition) is 0. The zero-order valence-electron chi connectivity index (χ0n) is 10.9. The van der Waals surface area contributed by atoms with E-state index in [1.54, 1.807) is 11.1 Å². The van der Waals surface area contributed by atoms with Crippen molar-refractivity contribution in [1.29, 1.82) is 0 Å². The molecule has 0 radical (unpaired) electrons. The van der Waals surface area contributed by atoms with E-state index in [9.17, 15) is 0 Å². The predicted molar refractivity (Wildman–Crippen MR) is 66.7 cm³/mol. The van der Waals surface area contributed by atoms with Crippen LogP contribution in [0, 0.1) is 20.8 Å². The summed E-state index contributed by atoms with van der Waals surface area (Å²) in [4.78, 5) is 0. The van der Waals surface area contributed by atoms with Gasteiger partial charge < -0.3 is 0 Å². The fourth-order valence-corrected chi connectivity index (χ4v) is 3.38. The molecule has 0 aliphatic heterocycles. The van der Waals surface area contributed by atoms with E-state index in [0.717, 1.165) is 5.92 Å². The van der Waals surface area contributed by atoms with E-state index in [-0.39, 0.29) is 0 Å². The number of hydrogen-bond acceptors (Lipinski definition) is 0. The van der Waals surface area contributed by atoms with Crippen molar-refractivity contribution in [2.24, 2.45) is 0 Å². The Morgan fingerprint density at radius 2 is 1.73 bits per heavy atom. The molecule has 2 rings (SSSR count). The van der Waals surface area contributed by atoms with E-state index in [4.69, 9.17) is 0 Å². The first-order valence-corrected chi connectivity index (χ1v) is 5.96. The molecule has 0 nitrogen and oxygen atoms in total. The molecule has 0 fully saturated rings. The maximum atomic E-state index is 2.41. The highest BCUT2D eigenvalue weighted by Gasteiger charge is 2.36. The Kier molecular flexibility index (Phi) is 2.22. The number of rotatable bonds is 0. The van der Waals surface area contributed by atoms with Crippen LogP contribution in [0.1, 0.15) is 60.9 Å². The average Bonchev–Trinajstić information content (AvgIpc) is 2.33. The van der Waals surface area contributed by atoms with Gasteiger partial charge in [0, 0.05) is 0 Å². The molecule has 15 heavy (non-hydrogen) atoms. The second-order valence-corrected chi connectivity index (χ2v) is 5.90. The molecule has 0 bridgehead atoms. The smallest absolute Gasteiger partial charge is 0.00923 e. The molecule has 82 valence electrons. The molecule has 0 spiro atoms. The van der Waals surface area contributed by atoms with E-state index >= 15 is 0 Å². The van der Waals surface area contributed by atoms with Crippen molar-refractivity contribution in [3.63, 3.8) is 0 Å². The van der Waals surface area contributed by atoms with Gasteiger partial charge in [-0.1, -0.05) is 26.8 Å². The molecular weight excluding hydrogens is 180 g/mol. The van der Waals surface area contributed by atoms with Crippen molar-refractivity contribution in [2.75, 3.05) is 0 Å². The van der Waals surface area contributed by atoms with Crippen LogP contribution in [0.2, 0.25) is 0 Å². The monoisotopic (exact) mass is 202 g/mol. The van der Waals surface area contributed by atoms with Gasteiger partial charge in [-0.3, -0.25) is 0 Å². The molecule has 0 N–H and O–H groups in total. The average molecular weight is 202 g/mol. The van der Waals surface area contributed by atoms with Crippen LogP contribution >= 0.6 is 0 Å². The molecule has 0 aromatic heterocycles. The van der Waals surface area contributed by atoms with Crippen molar-refractivity contribution in [1.82, 2.24) is 0 Å². The van der Waals surface area contributed by atoms with Crippen molar-refractivity contribution in [3.05, 3.63) is 33.9 Å². The van der Waals surface area contributed by atoms with Crippen molar-refractivity contribution < 1.29 is 0 Å². The summed E-state index contributed by atoms with van der Waals surface area (Å²) in [7, 11) is 0. The first-order valence-electron chi connectivity index (χ1n) is 5.96. The first kappa shape index (κ1) is 10.7. The molecule has 1 aromatic rings. The van der Waals surface area contributed by atoms with Gasteiger partial charge >= 0.3 is 0 Å². The van der Waals surface area contributed by atoms with Gasteiger partial charge in [-0.15, -0.1) is 0 Å². The van der Waals surface area contributed by atoms with E-state index < -0.39 is 0 Å². The highest BCUT2D eigenvalue weighted by Crippen LogP contribution is 2.48. The van der Waals surface area contributed by atoms with Gasteiger partial charge in [-0.05, 0) is 66.3 Å². The lowest BCUT2D eigenvalue weighted by molar-refractivity contribution is 0.487. The SMILES string of the molecule is Cc1cc2c(c(C)c1C)C(C)(C)CC2C. The van der Waals surface area contributed by atoms with Crippen LogP contribution in [0.25, 0.3) is 0 Å². The highest BCUT2D eigenvalue weighted by atomic mass is 14.4. The van der Waals surface area contributed by atoms with Crippen LogP contribution in [-0.2, 0) is 5.41 Å². The summed E-state index contributed by atoms with van der Waals surface area (Å²) in [5.74, 6) is 0.730. The van der Waals surface area contributed by atoms with Crippen LogP contribution in [0.3, 0.4) is 0 Å². The molecular formula is C15H22. The molecule has 0 amide bonds. The van der Waals surface area contributed by atoms with Gasteiger partial charge in [0.1, 0.15) is 0 Å². The van der Waals surface area contributed by atoms with Crippen LogP contribution in [0.15, 0.2) is 6.07 Å². The van der Waals surface area contributed by atoms with Crippen LogP contribution < -0.4 is 0 Å². The lowest BCUT2D eigenvalue weighted by Crippen LogP contribution is -2.14. The summed E-state index contributed by atoms with van der Waals surface area (Å²) >= 11 is 0. The molecule has 0 saturated heterocycles. The van der Waals surface area contributed by atoms with Gasteiger partial charge in [0.15, 0.2) is 0 Å². The largest absolute Gasteiger partial charge is 0.0584 e. The topological polar surface area (TPSA) is 0 Å². The molecule has 0 saturated carbocycles. The maximum Gasteiger partial charge on any atom is -0.00923 e. The van der Waals surface area contributed by atoms with Gasteiger partial charge in [-0.2, -0.15) is 0 Å². The number of benzene rings is 1. The molecule has 0 heteroatoms. The standard InChI is InChI=1S/C15H22/c1-9-7-13-10(2)8-15(5,6)14(13)12(4)11(9)3/h7,10H,8H2,1-6H3. The molecule has 0 heterocycles. The summed E-state index contributed by atoms with van der Waals surface area (Å²) < 4.78 is 0.